The number of aromatic nitrogens is 1. The summed E-state index contributed by atoms with van der Waals surface area (Å²) in [6.45, 7) is 0.587. The molecule has 1 aliphatic rings. The summed E-state index contributed by atoms with van der Waals surface area (Å²) in [6, 6.07) is 16.0. The molecule has 0 radical (unpaired) electrons. The molecule has 2 aromatic carbocycles. The first kappa shape index (κ1) is 13.5. The Labute approximate surface area is 132 Å². The number of para-hydroxylation sites is 1. The van der Waals surface area contributed by atoms with Crippen molar-refractivity contribution in [2.45, 2.75) is 11.3 Å². The van der Waals surface area contributed by atoms with E-state index in [1.54, 1.807) is 11.8 Å². The maximum Gasteiger partial charge on any atom is 0.262 e. The molecule has 0 amide bonds. The number of rotatable bonds is 2. The van der Waals surface area contributed by atoms with E-state index >= 15 is 0 Å². The lowest BCUT2D eigenvalue weighted by atomic mass is 10.1. The highest BCUT2D eigenvalue weighted by Gasteiger charge is 2.22. The van der Waals surface area contributed by atoms with Gasteiger partial charge < -0.3 is 4.74 Å². The average molecular weight is 309 g/mol. The molecule has 1 aromatic heterocycles. The van der Waals surface area contributed by atoms with Crippen LogP contribution in [0.5, 0.6) is 5.75 Å². The Morgan fingerprint density at radius 2 is 2.00 bits per heavy atom. The summed E-state index contributed by atoms with van der Waals surface area (Å²) >= 11 is 1.67. The Kier molecular flexibility index (Phi) is 3.19. The number of pyridine rings is 1. The van der Waals surface area contributed by atoms with Gasteiger partial charge in [0.25, 0.3) is 5.56 Å². The van der Waals surface area contributed by atoms with Gasteiger partial charge in [-0.1, -0.05) is 18.2 Å². The predicted octanol–water partition coefficient (Wildman–Crippen LogP) is 3.65. The van der Waals surface area contributed by atoms with E-state index in [4.69, 9.17) is 4.74 Å². The van der Waals surface area contributed by atoms with Crippen LogP contribution in [-0.2, 0) is 6.42 Å². The van der Waals surface area contributed by atoms with Gasteiger partial charge in [-0.2, -0.15) is 0 Å². The molecule has 3 nitrogen and oxygen atoms in total. The highest BCUT2D eigenvalue weighted by atomic mass is 32.2. The highest BCUT2D eigenvalue weighted by Crippen LogP contribution is 2.33. The molecular weight excluding hydrogens is 294 g/mol. The van der Waals surface area contributed by atoms with Crippen LogP contribution < -0.4 is 10.3 Å². The molecule has 22 heavy (non-hydrogen) atoms. The highest BCUT2D eigenvalue weighted by molar-refractivity contribution is 7.98. The lowest BCUT2D eigenvalue weighted by Crippen LogP contribution is -2.21. The zero-order chi connectivity index (χ0) is 15.1. The Balaban J connectivity index is 2.11. The quantitative estimate of drug-likeness (QED) is 0.677. The van der Waals surface area contributed by atoms with E-state index in [0.717, 1.165) is 32.8 Å². The second kappa shape index (κ2) is 5.21. The van der Waals surface area contributed by atoms with Crippen molar-refractivity contribution in [3.05, 3.63) is 64.4 Å². The summed E-state index contributed by atoms with van der Waals surface area (Å²) in [4.78, 5) is 14.1. The van der Waals surface area contributed by atoms with Crippen molar-refractivity contribution in [1.82, 2.24) is 4.57 Å². The van der Waals surface area contributed by atoms with E-state index in [2.05, 4.69) is 12.1 Å². The third-order valence-electron chi connectivity index (χ3n) is 4.03. The number of thioether (sulfide) groups is 1. The van der Waals surface area contributed by atoms with E-state index in [-0.39, 0.29) is 5.56 Å². The smallest absolute Gasteiger partial charge is 0.262 e. The monoisotopic (exact) mass is 309 g/mol. The van der Waals surface area contributed by atoms with E-state index < -0.39 is 0 Å². The SMILES string of the molecule is CSc1cccc(-n2c(=O)c3c(c4ccccc42)OCC3)c1. The fourth-order valence-corrected chi connectivity index (χ4v) is 3.46. The van der Waals surface area contributed by atoms with Crippen LogP contribution in [0.1, 0.15) is 5.56 Å². The van der Waals surface area contributed by atoms with E-state index in [0.29, 0.717) is 13.0 Å². The summed E-state index contributed by atoms with van der Waals surface area (Å²) in [6.07, 6.45) is 2.72. The van der Waals surface area contributed by atoms with Gasteiger partial charge in [0, 0.05) is 16.7 Å². The lowest BCUT2D eigenvalue weighted by molar-refractivity contribution is 0.360. The maximum absolute atomic E-state index is 13.0. The molecule has 3 aromatic rings. The summed E-state index contributed by atoms with van der Waals surface area (Å²) in [5, 5.41) is 1.00. The van der Waals surface area contributed by atoms with Gasteiger partial charge in [-0.15, -0.1) is 11.8 Å². The number of ether oxygens (including phenoxy) is 1. The van der Waals surface area contributed by atoms with Crippen molar-refractivity contribution >= 4 is 22.7 Å². The number of fused-ring (bicyclic) bond motifs is 3. The zero-order valence-corrected chi connectivity index (χ0v) is 13.0. The summed E-state index contributed by atoms with van der Waals surface area (Å²) in [7, 11) is 0. The minimum absolute atomic E-state index is 0.0319. The number of nitrogens with zero attached hydrogens (tertiary/aromatic N) is 1. The van der Waals surface area contributed by atoms with Crippen LogP contribution in [0.3, 0.4) is 0 Å². The number of hydrogen-bond donors (Lipinski definition) is 0. The normalized spacial score (nSPS) is 13.1. The van der Waals surface area contributed by atoms with Crippen molar-refractivity contribution in [3.63, 3.8) is 0 Å². The largest absolute Gasteiger partial charge is 0.492 e. The number of benzene rings is 2. The van der Waals surface area contributed by atoms with Gasteiger partial charge >= 0.3 is 0 Å². The van der Waals surface area contributed by atoms with E-state index in [1.165, 1.54) is 0 Å². The molecule has 110 valence electrons. The van der Waals surface area contributed by atoms with Crippen LogP contribution in [0.4, 0.5) is 0 Å². The van der Waals surface area contributed by atoms with E-state index in [9.17, 15) is 4.79 Å². The van der Waals surface area contributed by atoms with Crippen molar-refractivity contribution in [2.75, 3.05) is 12.9 Å². The van der Waals surface area contributed by atoms with Gasteiger partial charge in [-0.25, -0.2) is 0 Å². The topological polar surface area (TPSA) is 31.2 Å². The molecule has 0 aliphatic carbocycles. The minimum Gasteiger partial charge on any atom is -0.492 e. The van der Waals surface area contributed by atoms with Crippen molar-refractivity contribution < 1.29 is 4.74 Å². The first-order chi connectivity index (χ1) is 10.8. The molecule has 0 saturated carbocycles. The fraction of sp³-hybridized carbons (Fsp3) is 0.167. The Morgan fingerprint density at radius 1 is 1.14 bits per heavy atom. The second-order valence-corrected chi connectivity index (χ2v) is 6.14. The van der Waals surface area contributed by atoms with Gasteiger partial charge in [0.1, 0.15) is 5.75 Å². The first-order valence-electron chi connectivity index (χ1n) is 7.23. The second-order valence-electron chi connectivity index (χ2n) is 5.27. The van der Waals surface area contributed by atoms with E-state index in [1.807, 2.05) is 47.2 Å². The van der Waals surface area contributed by atoms with Crippen molar-refractivity contribution in [1.29, 1.82) is 0 Å². The molecule has 0 spiro atoms. The third kappa shape index (κ3) is 1.95. The fourth-order valence-electron chi connectivity index (χ4n) is 3.01. The van der Waals surface area contributed by atoms with Crippen LogP contribution in [0.15, 0.2) is 58.2 Å². The summed E-state index contributed by atoms with van der Waals surface area (Å²) in [5.41, 5.74) is 2.62. The van der Waals surface area contributed by atoms with Crippen LogP contribution in [0, 0.1) is 0 Å². The molecule has 0 atom stereocenters. The van der Waals surface area contributed by atoms with Crippen molar-refractivity contribution in [3.8, 4) is 11.4 Å². The number of hydrogen-bond acceptors (Lipinski definition) is 3. The molecule has 0 N–H and O–H groups in total. The molecule has 4 rings (SSSR count). The standard InChI is InChI=1S/C18H15NO2S/c1-22-13-6-4-5-12(11-13)19-16-8-3-2-7-14(16)17-15(18(19)20)9-10-21-17/h2-8,11H,9-10H2,1H3. The molecule has 0 fully saturated rings. The molecule has 1 aliphatic heterocycles. The third-order valence-corrected chi connectivity index (χ3v) is 4.76. The maximum atomic E-state index is 13.0. The molecule has 0 unspecified atom stereocenters. The van der Waals surface area contributed by atoms with Gasteiger partial charge in [0.2, 0.25) is 0 Å². The average Bonchev–Trinajstić information content (AvgIpc) is 3.06. The lowest BCUT2D eigenvalue weighted by Gasteiger charge is -2.14. The first-order valence-corrected chi connectivity index (χ1v) is 8.46. The van der Waals surface area contributed by atoms with Gasteiger partial charge in [0.15, 0.2) is 0 Å². The summed E-state index contributed by atoms with van der Waals surface area (Å²) < 4.78 is 7.52. The molecule has 4 heteroatoms. The van der Waals surface area contributed by atoms with Gasteiger partial charge in [0.05, 0.1) is 23.4 Å². The summed E-state index contributed by atoms with van der Waals surface area (Å²) in [5.74, 6) is 0.762. The zero-order valence-electron chi connectivity index (χ0n) is 12.2. The van der Waals surface area contributed by atoms with Crippen LogP contribution in [0.25, 0.3) is 16.6 Å². The molecular formula is C18H15NO2S. The molecule has 0 saturated heterocycles. The Hall–Kier alpha value is -2.20. The van der Waals surface area contributed by atoms with Gasteiger partial charge in [-0.3, -0.25) is 9.36 Å². The van der Waals surface area contributed by atoms with Crippen molar-refractivity contribution in [2.24, 2.45) is 0 Å². The van der Waals surface area contributed by atoms with Crippen LogP contribution in [0.2, 0.25) is 0 Å². The predicted molar refractivity (Wildman–Crippen MR) is 90.5 cm³/mol. The molecule has 2 heterocycles. The molecule has 0 bridgehead atoms. The Bertz CT molecular complexity index is 930. The van der Waals surface area contributed by atoms with Crippen LogP contribution >= 0.6 is 11.8 Å². The van der Waals surface area contributed by atoms with Crippen LogP contribution in [-0.4, -0.2) is 17.4 Å². The Morgan fingerprint density at radius 3 is 2.86 bits per heavy atom. The van der Waals surface area contributed by atoms with Gasteiger partial charge in [-0.05, 0) is 36.6 Å². The minimum atomic E-state index is 0.0319.